The van der Waals surface area contributed by atoms with Crippen LogP contribution >= 0.6 is 0 Å². The molecule has 0 saturated heterocycles. The van der Waals surface area contributed by atoms with Crippen molar-refractivity contribution in [1.29, 1.82) is 0 Å². The first kappa shape index (κ1) is 18.4. The standard InChI is InChI=1S/C19H18FN3O4/c1-11-10-13(4-9-16(11)25-3)17-18(23-27-22-17)21-19(24)12(2)26-15-7-5-14(20)6-8-15/h4-10,12H,1-3H3,(H,21,23,24). The second-order valence-corrected chi connectivity index (χ2v) is 5.85. The molecule has 0 aliphatic heterocycles. The van der Waals surface area contributed by atoms with Crippen LogP contribution in [0, 0.1) is 12.7 Å². The Bertz CT molecular complexity index is 940. The first-order chi connectivity index (χ1) is 13.0. The molecule has 3 aromatic rings. The molecule has 1 N–H and O–H groups in total. The lowest BCUT2D eigenvalue weighted by atomic mass is 10.1. The van der Waals surface area contributed by atoms with Crippen LogP contribution in [0.3, 0.4) is 0 Å². The fourth-order valence-electron chi connectivity index (χ4n) is 2.47. The van der Waals surface area contributed by atoms with E-state index in [0.717, 1.165) is 16.9 Å². The highest BCUT2D eigenvalue weighted by Gasteiger charge is 2.20. The summed E-state index contributed by atoms with van der Waals surface area (Å²) in [6.07, 6.45) is -0.836. The minimum Gasteiger partial charge on any atom is -0.496 e. The van der Waals surface area contributed by atoms with Gasteiger partial charge in [-0.1, -0.05) is 0 Å². The molecule has 1 unspecified atom stereocenters. The summed E-state index contributed by atoms with van der Waals surface area (Å²) >= 11 is 0. The van der Waals surface area contributed by atoms with Gasteiger partial charge in [0.15, 0.2) is 11.8 Å². The largest absolute Gasteiger partial charge is 0.496 e. The fraction of sp³-hybridized carbons (Fsp3) is 0.211. The number of anilines is 1. The number of amides is 1. The maximum atomic E-state index is 12.9. The van der Waals surface area contributed by atoms with Gasteiger partial charge < -0.3 is 14.8 Å². The van der Waals surface area contributed by atoms with Gasteiger partial charge in [-0.05, 0) is 72.2 Å². The Labute approximate surface area is 155 Å². The van der Waals surface area contributed by atoms with Crippen LogP contribution in [0.15, 0.2) is 47.1 Å². The van der Waals surface area contributed by atoms with Crippen LogP contribution in [0.1, 0.15) is 12.5 Å². The van der Waals surface area contributed by atoms with Crippen LogP contribution in [0.4, 0.5) is 10.2 Å². The molecule has 1 aromatic heterocycles. The van der Waals surface area contributed by atoms with E-state index in [1.807, 2.05) is 13.0 Å². The van der Waals surface area contributed by atoms with Gasteiger partial charge in [0.2, 0.25) is 5.82 Å². The van der Waals surface area contributed by atoms with E-state index >= 15 is 0 Å². The number of aryl methyl sites for hydroxylation is 1. The first-order valence-electron chi connectivity index (χ1n) is 8.18. The number of hydrogen-bond acceptors (Lipinski definition) is 6. The predicted molar refractivity (Wildman–Crippen MR) is 96.1 cm³/mol. The quantitative estimate of drug-likeness (QED) is 0.712. The van der Waals surface area contributed by atoms with Gasteiger partial charge >= 0.3 is 0 Å². The van der Waals surface area contributed by atoms with E-state index in [1.165, 1.54) is 24.3 Å². The molecule has 2 aromatic carbocycles. The van der Waals surface area contributed by atoms with Gasteiger partial charge in [-0.2, -0.15) is 0 Å². The summed E-state index contributed by atoms with van der Waals surface area (Å²) in [4.78, 5) is 12.4. The Balaban J connectivity index is 1.73. The van der Waals surface area contributed by atoms with Crippen LogP contribution in [0.5, 0.6) is 11.5 Å². The molecule has 0 saturated carbocycles. The summed E-state index contributed by atoms with van der Waals surface area (Å²) in [5, 5.41) is 10.2. The number of aromatic nitrogens is 2. The lowest BCUT2D eigenvalue weighted by molar-refractivity contribution is -0.122. The number of nitrogens with zero attached hydrogens (tertiary/aromatic N) is 2. The Morgan fingerprint density at radius 3 is 2.59 bits per heavy atom. The number of nitrogens with one attached hydrogen (secondary N) is 1. The molecular weight excluding hydrogens is 353 g/mol. The zero-order valence-electron chi connectivity index (χ0n) is 15.0. The highest BCUT2D eigenvalue weighted by atomic mass is 19.1. The second-order valence-electron chi connectivity index (χ2n) is 5.85. The average molecular weight is 371 g/mol. The second kappa shape index (κ2) is 7.86. The van der Waals surface area contributed by atoms with Crippen molar-refractivity contribution in [2.45, 2.75) is 20.0 Å². The number of carbonyl (C=O) groups excluding carboxylic acids is 1. The molecule has 8 heteroatoms. The molecule has 1 heterocycles. The number of carbonyl (C=O) groups is 1. The first-order valence-corrected chi connectivity index (χ1v) is 8.18. The molecule has 0 fully saturated rings. The van der Waals surface area contributed by atoms with Crippen LogP contribution in [0.25, 0.3) is 11.3 Å². The van der Waals surface area contributed by atoms with Gasteiger partial charge in [-0.3, -0.25) is 4.79 Å². The zero-order valence-corrected chi connectivity index (χ0v) is 15.0. The third-order valence-corrected chi connectivity index (χ3v) is 3.89. The van der Waals surface area contributed by atoms with Gasteiger partial charge in [0.1, 0.15) is 17.3 Å². The highest BCUT2D eigenvalue weighted by molar-refractivity contribution is 5.96. The normalized spacial score (nSPS) is 11.7. The zero-order chi connectivity index (χ0) is 19.4. The van der Waals surface area contributed by atoms with Crippen molar-refractivity contribution >= 4 is 11.7 Å². The topological polar surface area (TPSA) is 86.5 Å². The van der Waals surface area contributed by atoms with Crippen molar-refractivity contribution in [3.63, 3.8) is 0 Å². The van der Waals surface area contributed by atoms with Crippen LogP contribution in [0.2, 0.25) is 0 Å². The summed E-state index contributed by atoms with van der Waals surface area (Å²) in [5.41, 5.74) is 2.02. The maximum Gasteiger partial charge on any atom is 0.266 e. The molecule has 1 amide bonds. The monoisotopic (exact) mass is 371 g/mol. The van der Waals surface area contributed by atoms with Crippen LogP contribution < -0.4 is 14.8 Å². The van der Waals surface area contributed by atoms with Crippen molar-refractivity contribution in [2.75, 3.05) is 12.4 Å². The van der Waals surface area contributed by atoms with Gasteiger partial charge in [0.05, 0.1) is 7.11 Å². The molecule has 3 rings (SSSR count). The summed E-state index contributed by atoms with van der Waals surface area (Å²) in [7, 11) is 1.59. The predicted octanol–water partition coefficient (Wildman–Crippen LogP) is 3.60. The Hall–Kier alpha value is -3.42. The van der Waals surface area contributed by atoms with Crippen molar-refractivity contribution in [3.8, 4) is 22.8 Å². The molecule has 140 valence electrons. The molecule has 7 nitrogen and oxygen atoms in total. The van der Waals surface area contributed by atoms with E-state index < -0.39 is 12.0 Å². The van der Waals surface area contributed by atoms with E-state index in [1.54, 1.807) is 26.2 Å². The molecule has 0 bridgehead atoms. The van der Waals surface area contributed by atoms with Crippen molar-refractivity contribution < 1.29 is 23.3 Å². The SMILES string of the molecule is COc1ccc(-c2nonc2NC(=O)C(C)Oc2ccc(F)cc2)cc1C. The van der Waals surface area contributed by atoms with Gasteiger partial charge in [-0.25, -0.2) is 9.02 Å². The number of rotatable bonds is 6. The molecule has 0 radical (unpaired) electrons. The third kappa shape index (κ3) is 4.22. The number of hydrogen-bond donors (Lipinski definition) is 1. The molecule has 0 aliphatic rings. The van der Waals surface area contributed by atoms with E-state index in [0.29, 0.717) is 11.4 Å². The smallest absolute Gasteiger partial charge is 0.266 e. The van der Waals surface area contributed by atoms with Crippen LogP contribution in [-0.4, -0.2) is 29.4 Å². The van der Waals surface area contributed by atoms with Crippen molar-refractivity contribution in [2.24, 2.45) is 0 Å². The average Bonchev–Trinajstić information content (AvgIpc) is 3.11. The maximum absolute atomic E-state index is 12.9. The summed E-state index contributed by atoms with van der Waals surface area (Å²) in [6, 6.07) is 10.8. The third-order valence-electron chi connectivity index (χ3n) is 3.89. The van der Waals surface area contributed by atoms with Gasteiger partial charge in [-0.15, -0.1) is 0 Å². The summed E-state index contributed by atoms with van der Waals surface area (Å²) in [6.45, 7) is 3.47. The molecule has 0 spiro atoms. The Morgan fingerprint density at radius 1 is 1.19 bits per heavy atom. The van der Waals surface area contributed by atoms with Crippen LogP contribution in [-0.2, 0) is 4.79 Å². The van der Waals surface area contributed by atoms with Gasteiger partial charge in [0.25, 0.3) is 5.91 Å². The molecule has 27 heavy (non-hydrogen) atoms. The number of halogens is 1. The van der Waals surface area contributed by atoms with E-state index in [9.17, 15) is 9.18 Å². The minimum absolute atomic E-state index is 0.180. The minimum atomic E-state index is -0.836. The fourth-order valence-corrected chi connectivity index (χ4v) is 2.47. The van der Waals surface area contributed by atoms with E-state index in [2.05, 4.69) is 15.6 Å². The highest BCUT2D eigenvalue weighted by Crippen LogP contribution is 2.29. The van der Waals surface area contributed by atoms with E-state index in [4.69, 9.17) is 14.1 Å². The Kier molecular flexibility index (Phi) is 5.35. The van der Waals surface area contributed by atoms with Gasteiger partial charge in [0, 0.05) is 5.56 Å². The van der Waals surface area contributed by atoms with Crippen molar-refractivity contribution in [3.05, 3.63) is 53.8 Å². The number of methoxy groups -OCH3 is 1. The molecule has 1 atom stereocenters. The summed E-state index contributed by atoms with van der Waals surface area (Å²) in [5.74, 6) is 0.471. The Morgan fingerprint density at radius 2 is 1.93 bits per heavy atom. The van der Waals surface area contributed by atoms with E-state index in [-0.39, 0.29) is 11.6 Å². The number of ether oxygens (including phenoxy) is 2. The number of benzene rings is 2. The molecule has 0 aliphatic carbocycles. The van der Waals surface area contributed by atoms with Crippen molar-refractivity contribution in [1.82, 2.24) is 10.3 Å². The summed E-state index contributed by atoms with van der Waals surface area (Å²) < 4.78 is 28.5. The lowest BCUT2D eigenvalue weighted by Crippen LogP contribution is -2.30. The lowest BCUT2D eigenvalue weighted by Gasteiger charge is -2.14. The molecular formula is C19H18FN3O4.